The Kier molecular flexibility index (Phi) is 4.78. The Morgan fingerprint density at radius 1 is 1.24 bits per heavy atom. The molecule has 0 aliphatic carbocycles. The molecule has 25 heavy (non-hydrogen) atoms. The van der Waals surface area contributed by atoms with Crippen molar-refractivity contribution in [1.29, 1.82) is 0 Å². The number of nitrogens with zero attached hydrogens (tertiary/aromatic N) is 1. The molecule has 4 amide bonds. The number of carbonyl (C=O) groups excluding carboxylic acids is 3. The van der Waals surface area contributed by atoms with Crippen LogP contribution in [-0.2, 0) is 16.1 Å². The fourth-order valence-corrected chi connectivity index (χ4v) is 2.44. The van der Waals surface area contributed by atoms with E-state index in [1.165, 1.54) is 11.0 Å². The lowest BCUT2D eigenvalue weighted by Crippen LogP contribution is -2.52. The third kappa shape index (κ3) is 4.03. The van der Waals surface area contributed by atoms with Crippen LogP contribution in [0.5, 0.6) is 0 Å². The first kappa shape index (κ1) is 16.7. The first-order chi connectivity index (χ1) is 12.0. The highest BCUT2D eigenvalue weighted by atomic mass is 19.1. The average molecular weight is 345 g/mol. The second kappa shape index (κ2) is 7.16. The van der Waals surface area contributed by atoms with E-state index in [1.54, 1.807) is 30.3 Å². The van der Waals surface area contributed by atoms with Crippen molar-refractivity contribution in [3.8, 4) is 11.3 Å². The predicted molar refractivity (Wildman–Crippen MR) is 85.7 cm³/mol. The van der Waals surface area contributed by atoms with Crippen LogP contribution in [0, 0.1) is 5.82 Å². The smallest absolute Gasteiger partial charge is 0.324 e. The maximum Gasteiger partial charge on any atom is 0.324 e. The third-order valence-electron chi connectivity index (χ3n) is 3.74. The van der Waals surface area contributed by atoms with E-state index >= 15 is 0 Å². The molecule has 1 aromatic heterocycles. The number of urea groups is 1. The monoisotopic (exact) mass is 345 g/mol. The van der Waals surface area contributed by atoms with Crippen LogP contribution in [0.2, 0.25) is 0 Å². The molecule has 0 atom stereocenters. The lowest BCUT2D eigenvalue weighted by Gasteiger charge is -2.25. The van der Waals surface area contributed by atoms with Gasteiger partial charge < -0.3 is 14.6 Å². The van der Waals surface area contributed by atoms with Gasteiger partial charge >= 0.3 is 6.03 Å². The van der Waals surface area contributed by atoms with Crippen molar-refractivity contribution in [1.82, 2.24) is 15.5 Å². The molecule has 0 bridgehead atoms. The average Bonchev–Trinajstić information content (AvgIpc) is 3.05. The first-order valence-corrected chi connectivity index (χ1v) is 7.72. The number of hydrogen-bond acceptors (Lipinski definition) is 4. The molecule has 0 saturated carbocycles. The molecule has 2 heterocycles. The maximum atomic E-state index is 13.7. The Bertz CT molecular complexity index is 818. The Hall–Kier alpha value is -3.16. The minimum absolute atomic E-state index is 0.113. The molecular formula is C17H16FN3O4. The summed E-state index contributed by atoms with van der Waals surface area (Å²) in [6.45, 7) is 0.165. The van der Waals surface area contributed by atoms with E-state index < -0.39 is 11.8 Å². The van der Waals surface area contributed by atoms with Crippen molar-refractivity contribution < 1.29 is 23.2 Å². The zero-order valence-electron chi connectivity index (χ0n) is 13.3. The van der Waals surface area contributed by atoms with Gasteiger partial charge in [0.1, 0.15) is 23.9 Å². The molecule has 8 heteroatoms. The summed E-state index contributed by atoms with van der Waals surface area (Å²) in [5, 5.41) is 4.77. The van der Waals surface area contributed by atoms with Crippen LogP contribution >= 0.6 is 0 Å². The molecule has 1 aliphatic heterocycles. The Morgan fingerprint density at radius 3 is 2.80 bits per heavy atom. The van der Waals surface area contributed by atoms with Crippen molar-refractivity contribution in [2.24, 2.45) is 0 Å². The highest BCUT2D eigenvalue weighted by Crippen LogP contribution is 2.24. The van der Waals surface area contributed by atoms with Crippen molar-refractivity contribution in [2.45, 2.75) is 13.0 Å². The summed E-state index contributed by atoms with van der Waals surface area (Å²) in [4.78, 5) is 35.8. The van der Waals surface area contributed by atoms with Gasteiger partial charge in [0.05, 0.1) is 12.1 Å². The van der Waals surface area contributed by atoms with E-state index in [0.717, 1.165) is 0 Å². The molecule has 3 rings (SSSR count). The maximum absolute atomic E-state index is 13.7. The number of nitrogens with one attached hydrogen (secondary N) is 2. The van der Waals surface area contributed by atoms with Gasteiger partial charge in [0.2, 0.25) is 11.8 Å². The molecular weight excluding hydrogens is 329 g/mol. The standard InChI is InChI=1S/C17H16FN3O4/c18-13-4-2-1-3-12(13)14-6-5-11(25-14)9-19-16(23)10-21-8-7-15(22)20-17(21)24/h1-6H,7-10H2,(H,19,23)(H,20,22,24). The lowest BCUT2D eigenvalue weighted by molar-refractivity contribution is -0.125. The van der Waals surface area contributed by atoms with Gasteiger partial charge in [-0.15, -0.1) is 0 Å². The summed E-state index contributed by atoms with van der Waals surface area (Å²) < 4.78 is 19.3. The molecule has 0 spiro atoms. The molecule has 1 saturated heterocycles. The lowest BCUT2D eigenvalue weighted by atomic mass is 10.1. The molecule has 1 aromatic carbocycles. The van der Waals surface area contributed by atoms with E-state index in [-0.39, 0.29) is 37.9 Å². The zero-order chi connectivity index (χ0) is 17.8. The number of hydrogen-bond donors (Lipinski definition) is 2. The van der Waals surface area contributed by atoms with Crippen LogP contribution < -0.4 is 10.6 Å². The number of benzene rings is 1. The van der Waals surface area contributed by atoms with E-state index in [4.69, 9.17) is 4.42 Å². The highest BCUT2D eigenvalue weighted by molar-refractivity contribution is 5.98. The summed E-state index contributed by atoms with van der Waals surface area (Å²) >= 11 is 0. The van der Waals surface area contributed by atoms with Crippen LogP contribution in [0.4, 0.5) is 9.18 Å². The SMILES string of the molecule is O=C(CN1CCC(=O)NC1=O)NCc1ccc(-c2ccccc2F)o1. The molecule has 7 nitrogen and oxygen atoms in total. The Morgan fingerprint density at radius 2 is 2.04 bits per heavy atom. The number of furan rings is 1. The van der Waals surface area contributed by atoms with Gasteiger partial charge in [0, 0.05) is 13.0 Å². The van der Waals surface area contributed by atoms with Gasteiger partial charge in [-0.25, -0.2) is 9.18 Å². The van der Waals surface area contributed by atoms with Gasteiger partial charge in [0.25, 0.3) is 0 Å². The topological polar surface area (TPSA) is 91.7 Å². The fraction of sp³-hybridized carbons (Fsp3) is 0.235. The molecule has 130 valence electrons. The summed E-state index contributed by atoms with van der Waals surface area (Å²) in [5.74, 6) is -0.287. The summed E-state index contributed by atoms with van der Waals surface area (Å²) in [6, 6.07) is 8.94. The van der Waals surface area contributed by atoms with Gasteiger partial charge in [-0.05, 0) is 24.3 Å². The van der Waals surface area contributed by atoms with E-state index in [0.29, 0.717) is 17.1 Å². The molecule has 0 radical (unpaired) electrons. The molecule has 0 unspecified atom stereocenters. The zero-order valence-corrected chi connectivity index (χ0v) is 13.3. The largest absolute Gasteiger partial charge is 0.459 e. The molecule has 2 N–H and O–H groups in total. The molecule has 2 aromatic rings. The van der Waals surface area contributed by atoms with Crippen molar-refractivity contribution in [3.63, 3.8) is 0 Å². The first-order valence-electron chi connectivity index (χ1n) is 7.72. The third-order valence-corrected chi connectivity index (χ3v) is 3.74. The van der Waals surface area contributed by atoms with Gasteiger partial charge in [-0.2, -0.15) is 0 Å². The number of halogens is 1. The second-order valence-corrected chi connectivity index (χ2v) is 5.55. The predicted octanol–water partition coefficient (Wildman–Crippen LogP) is 1.64. The Labute approximate surface area is 142 Å². The normalized spacial score (nSPS) is 14.4. The Balaban J connectivity index is 1.54. The fourth-order valence-electron chi connectivity index (χ4n) is 2.44. The van der Waals surface area contributed by atoms with Gasteiger partial charge in [0.15, 0.2) is 0 Å². The molecule has 1 aliphatic rings. The van der Waals surface area contributed by atoms with E-state index in [2.05, 4.69) is 10.6 Å². The van der Waals surface area contributed by atoms with Crippen molar-refractivity contribution in [3.05, 3.63) is 48.0 Å². The number of rotatable bonds is 5. The van der Waals surface area contributed by atoms with E-state index in [9.17, 15) is 18.8 Å². The van der Waals surface area contributed by atoms with Crippen LogP contribution in [0.25, 0.3) is 11.3 Å². The van der Waals surface area contributed by atoms with Crippen molar-refractivity contribution in [2.75, 3.05) is 13.1 Å². The van der Waals surface area contributed by atoms with Crippen LogP contribution in [-0.4, -0.2) is 35.8 Å². The van der Waals surface area contributed by atoms with Gasteiger partial charge in [-0.3, -0.25) is 14.9 Å². The number of carbonyl (C=O) groups is 3. The number of imide groups is 1. The van der Waals surface area contributed by atoms with Crippen LogP contribution in [0.1, 0.15) is 12.2 Å². The quantitative estimate of drug-likeness (QED) is 0.862. The summed E-state index contributed by atoms with van der Waals surface area (Å²) in [7, 11) is 0. The number of amides is 4. The summed E-state index contributed by atoms with van der Waals surface area (Å²) in [6.07, 6.45) is 0.170. The van der Waals surface area contributed by atoms with Crippen LogP contribution in [0.3, 0.4) is 0 Å². The van der Waals surface area contributed by atoms with Crippen LogP contribution in [0.15, 0.2) is 40.8 Å². The minimum Gasteiger partial charge on any atom is -0.459 e. The van der Waals surface area contributed by atoms with E-state index in [1.807, 2.05) is 0 Å². The molecule has 1 fully saturated rings. The minimum atomic E-state index is -0.578. The summed E-state index contributed by atoms with van der Waals surface area (Å²) in [5.41, 5.74) is 0.342. The van der Waals surface area contributed by atoms with Crippen molar-refractivity contribution >= 4 is 17.8 Å². The second-order valence-electron chi connectivity index (χ2n) is 5.55. The van der Waals surface area contributed by atoms with Gasteiger partial charge in [-0.1, -0.05) is 12.1 Å². The highest BCUT2D eigenvalue weighted by Gasteiger charge is 2.24.